The van der Waals surface area contributed by atoms with Gasteiger partial charge in [-0.1, -0.05) is 58.3 Å². The predicted molar refractivity (Wildman–Crippen MR) is 77.7 cm³/mol. The second kappa shape index (κ2) is 17.2. The summed E-state index contributed by atoms with van der Waals surface area (Å²) in [5.74, 6) is -0.522. The van der Waals surface area contributed by atoms with E-state index in [1.807, 2.05) is 0 Å². The van der Waals surface area contributed by atoms with Crippen LogP contribution in [0.5, 0.6) is 0 Å². The first-order valence-corrected chi connectivity index (χ1v) is 7.58. The van der Waals surface area contributed by atoms with E-state index in [-0.39, 0.29) is 43.2 Å². The molecule has 0 aliphatic heterocycles. The monoisotopic (exact) mass is 295 g/mol. The van der Waals surface area contributed by atoms with E-state index in [2.05, 4.69) is 17.2 Å². The molecule has 0 spiro atoms. The van der Waals surface area contributed by atoms with Gasteiger partial charge >= 0.3 is 35.5 Å². The average molecular weight is 295 g/mol. The molecule has 0 atom stereocenters. The third-order valence-corrected chi connectivity index (χ3v) is 3.12. The van der Waals surface area contributed by atoms with Crippen LogP contribution in [-0.2, 0) is 14.4 Å². The van der Waals surface area contributed by atoms with Crippen LogP contribution in [0.1, 0.15) is 79.0 Å². The van der Waals surface area contributed by atoms with Crippen LogP contribution in [0, 0.1) is 0 Å². The third-order valence-electron chi connectivity index (χ3n) is 3.12. The summed E-state index contributed by atoms with van der Waals surface area (Å²) in [6, 6.07) is 0. The number of unbranched alkanes of at least 4 members (excludes halogenated alkanes) is 8. The van der Waals surface area contributed by atoms with Gasteiger partial charge in [-0.25, -0.2) is 4.79 Å². The minimum Gasteiger partial charge on any atom is -1.00 e. The summed E-state index contributed by atoms with van der Waals surface area (Å²) in [6.07, 6.45) is 11.4. The first-order chi connectivity index (χ1) is 9.20. The Labute approximate surface area is 147 Å². The van der Waals surface area contributed by atoms with Crippen molar-refractivity contribution >= 4 is 11.8 Å². The van der Waals surface area contributed by atoms with Crippen molar-refractivity contribution in [1.29, 1.82) is 0 Å². The minimum atomic E-state index is -0.497. The fraction of sp³-hybridized carbons (Fsp3) is 0.867. The molecule has 0 aliphatic rings. The van der Waals surface area contributed by atoms with E-state index >= 15 is 0 Å². The largest absolute Gasteiger partial charge is 1.00 e. The van der Waals surface area contributed by atoms with Crippen LogP contribution in [0.2, 0.25) is 0 Å². The molecule has 0 fully saturated rings. The van der Waals surface area contributed by atoms with Gasteiger partial charge in [0.25, 0.3) is 0 Å². The molecule has 4 nitrogen and oxygen atoms in total. The maximum Gasteiger partial charge on any atom is 1.00 e. The Morgan fingerprint density at radius 1 is 0.950 bits per heavy atom. The first-order valence-electron chi connectivity index (χ1n) is 7.58. The van der Waals surface area contributed by atoms with Crippen molar-refractivity contribution in [3.8, 4) is 0 Å². The van der Waals surface area contributed by atoms with Crippen LogP contribution in [0.3, 0.4) is 0 Å². The normalized spacial score (nSPS) is 9.90. The molecule has 0 rings (SSSR count). The third kappa shape index (κ3) is 16.2. The molecule has 0 saturated heterocycles. The maximum absolute atomic E-state index is 11.4. The number of ketones is 1. The van der Waals surface area contributed by atoms with Crippen molar-refractivity contribution in [3.63, 3.8) is 0 Å². The molecule has 0 radical (unpaired) electrons. The summed E-state index contributed by atoms with van der Waals surface area (Å²) >= 11 is 0. The van der Waals surface area contributed by atoms with Gasteiger partial charge in [0.15, 0.2) is 0 Å². The topological polar surface area (TPSA) is 55.4 Å². The van der Waals surface area contributed by atoms with Gasteiger partial charge in [0.05, 0.1) is 0 Å². The second-order valence-corrected chi connectivity index (χ2v) is 4.97. The van der Waals surface area contributed by atoms with Crippen molar-refractivity contribution in [2.75, 3.05) is 7.05 Å². The Morgan fingerprint density at radius 2 is 1.45 bits per heavy atom. The zero-order chi connectivity index (χ0) is 14.3. The van der Waals surface area contributed by atoms with Crippen molar-refractivity contribution in [2.24, 2.45) is 0 Å². The molecule has 0 amide bonds. The van der Waals surface area contributed by atoms with E-state index in [9.17, 15) is 9.59 Å². The van der Waals surface area contributed by atoms with Gasteiger partial charge in [-0.3, -0.25) is 4.79 Å². The quantitative estimate of drug-likeness (QED) is 0.235. The maximum atomic E-state index is 11.4. The number of hydrogen-bond acceptors (Lipinski definition) is 4. The zero-order valence-corrected chi connectivity index (χ0v) is 15.5. The van der Waals surface area contributed by atoms with Crippen molar-refractivity contribution < 1.29 is 45.4 Å². The number of carbonyl (C=O) groups is 2. The summed E-state index contributed by atoms with van der Waals surface area (Å²) in [5, 5.41) is 0. The Morgan fingerprint density at radius 3 is 1.95 bits per heavy atom. The zero-order valence-electron chi connectivity index (χ0n) is 14.5. The number of carbonyl (C=O) groups excluding carboxylic acids is 2. The molecule has 0 aromatic carbocycles. The van der Waals surface area contributed by atoms with E-state index < -0.39 is 5.97 Å². The molecule has 0 aliphatic carbocycles. The van der Waals surface area contributed by atoms with E-state index in [1.165, 1.54) is 52.0 Å². The number of nitrogens with one attached hydrogen (secondary N) is 1. The van der Waals surface area contributed by atoms with Gasteiger partial charge in [-0.15, -0.1) is 0 Å². The fourth-order valence-corrected chi connectivity index (χ4v) is 2.03. The van der Waals surface area contributed by atoms with Gasteiger partial charge in [0.2, 0.25) is 0 Å². The number of Topliss-reactive ketones (excluding diaryl/α,β-unsaturated/α-hetero) is 1. The van der Waals surface area contributed by atoms with Crippen molar-refractivity contribution in [1.82, 2.24) is 5.48 Å². The number of rotatable bonds is 13. The minimum absolute atomic E-state index is 0. The predicted octanol–water partition coefficient (Wildman–Crippen LogP) is 0.661. The molecule has 1 N–H and O–H groups in total. The van der Waals surface area contributed by atoms with Crippen LogP contribution in [0.4, 0.5) is 0 Å². The molecule has 0 aromatic heterocycles. The van der Waals surface area contributed by atoms with Crippen LogP contribution < -0.4 is 35.0 Å². The van der Waals surface area contributed by atoms with E-state index in [4.69, 9.17) is 0 Å². The molecule has 0 bridgehead atoms. The van der Waals surface area contributed by atoms with Crippen LogP contribution in [0.25, 0.3) is 0 Å². The molecule has 20 heavy (non-hydrogen) atoms. The van der Waals surface area contributed by atoms with Crippen LogP contribution in [-0.4, -0.2) is 18.8 Å². The fourth-order valence-electron chi connectivity index (χ4n) is 2.03. The molecule has 0 heterocycles. The molecule has 0 saturated carbocycles. The Hall–Kier alpha value is 0.1000. The molecule has 0 unspecified atom stereocenters. The summed E-state index contributed by atoms with van der Waals surface area (Å²) in [7, 11) is 1.50. The van der Waals surface area contributed by atoms with Crippen molar-refractivity contribution in [3.05, 3.63) is 0 Å². The Balaban J connectivity index is -0.00000162. The summed E-state index contributed by atoms with van der Waals surface area (Å²) in [4.78, 5) is 26.9. The van der Waals surface area contributed by atoms with E-state index in [1.54, 1.807) is 0 Å². The molecular formula is C15H30NNaO3. The standard InChI is InChI=1S/C15H29NO3.Na.H/c1-3-4-5-6-7-8-9-10-11-12-14(17)13-15(18)19-16-2;;/h16H,3-13H2,1-2H3;;/q;+1;-1. The number of hydroxylamine groups is 1. The van der Waals surface area contributed by atoms with Crippen LogP contribution >= 0.6 is 0 Å². The van der Waals surface area contributed by atoms with Gasteiger partial charge in [-0.05, 0) is 6.42 Å². The van der Waals surface area contributed by atoms with Gasteiger partial charge < -0.3 is 6.26 Å². The smallest absolute Gasteiger partial charge is 1.00 e. The summed E-state index contributed by atoms with van der Waals surface area (Å²) in [6.45, 7) is 2.23. The molecule has 5 heteroatoms. The van der Waals surface area contributed by atoms with E-state index in [0.29, 0.717) is 6.42 Å². The van der Waals surface area contributed by atoms with Gasteiger partial charge in [0, 0.05) is 13.5 Å². The number of hydrogen-bond donors (Lipinski definition) is 1. The second-order valence-electron chi connectivity index (χ2n) is 4.97. The Kier molecular flexibility index (Phi) is 19.2. The van der Waals surface area contributed by atoms with Gasteiger partial charge in [-0.2, -0.15) is 5.48 Å². The van der Waals surface area contributed by atoms with Crippen molar-refractivity contribution in [2.45, 2.75) is 77.6 Å². The molecule has 0 aromatic rings. The first kappa shape index (κ1) is 22.4. The Bertz CT molecular complexity index is 253. The summed E-state index contributed by atoms with van der Waals surface area (Å²) in [5.41, 5.74) is 2.28. The SMILES string of the molecule is CCCCCCCCCCCC(=O)CC(=O)ONC.[H-].[Na+]. The average Bonchev–Trinajstić information content (AvgIpc) is 2.37. The van der Waals surface area contributed by atoms with Crippen LogP contribution in [0.15, 0.2) is 0 Å². The molecular weight excluding hydrogens is 265 g/mol. The summed E-state index contributed by atoms with van der Waals surface area (Å²) < 4.78 is 0. The van der Waals surface area contributed by atoms with Gasteiger partial charge in [0.1, 0.15) is 12.2 Å². The van der Waals surface area contributed by atoms with E-state index in [0.717, 1.165) is 12.8 Å². The molecule has 114 valence electrons.